The van der Waals surface area contributed by atoms with Crippen LogP contribution in [0.5, 0.6) is 0 Å². The lowest BCUT2D eigenvalue weighted by atomic mass is 9.70. The molecule has 0 saturated carbocycles. The van der Waals surface area contributed by atoms with Gasteiger partial charge in [-0.1, -0.05) is 60.7 Å². The minimum absolute atomic E-state index is 0.0756. The SMILES string of the molecule is CN1CC(C)(O)C(O)(c2ccccc2)CC1c1ccccc1. The van der Waals surface area contributed by atoms with Gasteiger partial charge in [-0.25, -0.2) is 0 Å². The summed E-state index contributed by atoms with van der Waals surface area (Å²) in [5.41, 5.74) is -0.528. The Labute approximate surface area is 131 Å². The highest BCUT2D eigenvalue weighted by atomic mass is 16.4. The quantitative estimate of drug-likeness (QED) is 0.896. The van der Waals surface area contributed by atoms with Crippen molar-refractivity contribution in [2.75, 3.05) is 13.6 Å². The van der Waals surface area contributed by atoms with E-state index >= 15 is 0 Å². The van der Waals surface area contributed by atoms with Gasteiger partial charge in [0, 0.05) is 19.0 Å². The van der Waals surface area contributed by atoms with E-state index in [0.29, 0.717) is 13.0 Å². The van der Waals surface area contributed by atoms with Gasteiger partial charge in [-0.05, 0) is 25.1 Å². The van der Waals surface area contributed by atoms with Crippen LogP contribution >= 0.6 is 0 Å². The molecule has 1 heterocycles. The summed E-state index contributed by atoms with van der Waals surface area (Å²) in [6, 6.07) is 19.7. The van der Waals surface area contributed by atoms with Gasteiger partial charge in [0.15, 0.2) is 0 Å². The van der Waals surface area contributed by atoms with E-state index in [2.05, 4.69) is 17.0 Å². The monoisotopic (exact) mass is 297 g/mol. The van der Waals surface area contributed by atoms with Crippen molar-refractivity contribution in [3.05, 3.63) is 71.8 Å². The number of β-amino-alcohol motifs (C(OH)–C–C–N with tert-alkyl or cyclic N) is 1. The molecule has 3 nitrogen and oxygen atoms in total. The average Bonchev–Trinajstić information content (AvgIpc) is 2.52. The van der Waals surface area contributed by atoms with Crippen molar-refractivity contribution in [2.45, 2.75) is 30.6 Å². The minimum atomic E-state index is -1.26. The van der Waals surface area contributed by atoms with Gasteiger partial charge in [0.2, 0.25) is 0 Å². The van der Waals surface area contributed by atoms with Crippen LogP contribution in [0.2, 0.25) is 0 Å². The second-order valence-corrected chi connectivity index (χ2v) is 6.55. The van der Waals surface area contributed by atoms with E-state index in [4.69, 9.17) is 0 Å². The van der Waals surface area contributed by atoms with Crippen molar-refractivity contribution in [1.29, 1.82) is 0 Å². The molecule has 3 rings (SSSR count). The number of likely N-dealkylation sites (tertiary alicyclic amines) is 1. The van der Waals surface area contributed by atoms with E-state index in [1.54, 1.807) is 6.92 Å². The summed E-state index contributed by atoms with van der Waals surface area (Å²) in [4.78, 5) is 2.12. The van der Waals surface area contributed by atoms with Crippen molar-refractivity contribution >= 4 is 0 Å². The highest BCUT2D eigenvalue weighted by molar-refractivity contribution is 5.30. The molecule has 0 spiro atoms. The first kappa shape index (κ1) is 15.2. The Morgan fingerprint density at radius 2 is 1.50 bits per heavy atom. The van der Waals surface area contributed by atoms with Crippen molar-refractivity contribution in [2.24, 2.45) is 0 Å². The fourth-order valence-electron chi connectivity index (χ4n) is 3.57. The van der Waals surface area contributed by atoms with Gasteiger partial charge in [0.05, 0.1) is 0 Å². The minimum Gasteiger partial charge on any atom is -0.385 e. The molecule has 0 bridgehead atoms. The van der Waals surface area contributed by atoms with Gasteiger partial charge in [-0.3, -0.25) is 4.90 Å². The normalized spacial score (nSPS) is 32.8. The van der Waals surface area contributed by atoms with Crippen molar-refractivity contribution in [3.8, 4) is 0 Å². The molecule has 3 atom stereocenters. The highest BCUT2D eigenvalue weighted by Crippen LogP contribution is 2.46. The Morgan fingerprint density at radius 3 is 2.09 bits per heavy atom. The highest BCUT2D eigenvalue weighted by Gasteiger charge is 2.53. The summed E-state index contributed by atoms with van der Waals surface area (Å²) in [5.74, 6) is 0. The van der Waals surface area contributed by atoms with E-state index in [1.165, 1.54) is 0 Å². The fourth-order valence-corrected chi connectivity index (χ4v) is 3.57. The molecule has 2 N–H and O–H groups in total. The lowest BCUT2D eigenvalue weighted by Gasteiger charge is -2.52. The predicted octanol–water partition coefficient (Wildman–Crippen LogP) is 2.70. The Bertz CT molecular complexity index is 626. The number of piperidine rings is 1. The molecule has 0 amide bonds. The van der Waals surface area contributed by atoms with Crippen LogP contribution in [0.3, 0.4) is 0 Å². The number of aliphatic hydroxyl groups is 2. The molecule has 22 heavy (non-hydrogen) atoms. The number of rotatable bonds is 2. The van der Waals surface area contributed by atoms with Gasteiger partial charge < -0.3 is 10.2 Å². The van der Waals surface area contributed by atoms with Crippen molar-refractivity contribution < 1.29 is 10.2 Å². The van der Waals surface area contributed by atoms with E-state index < -0.39 is 11.2 Å². The molecular formula is C19H23NO2. The second kappa shape index (κ2) is 5.51. The molecule has 1 fully saturated rings. The average molecular weight is 297 g/mol. The second-order valence-electron chi connectivity index (χ2n) is 6.55. The number of benzene rings is 2. The maximum absolute atomic E-state index is 11.3. The maximum Gasteiger partial charge on any atom is 0.121 e. The van der Waals surface area contributed by atoms with E-state index in [9.17, 15) is 10.2 Å². The van der Waals surface area contributed by atoms with Crippen LogP contribution in [0, 0.1) is 0 Å². The van der Waals surface area contributed by atoms with Gasteiger partial charge >= 0.3 is 0 Å². The zero-order valence-corrected chi connectivity index (χ0v) is 13.1. The number of hydrogen-bond acceptors (Lipinski definition) is 3. The van der Waals surface area contributed by atoms with Crippen molar-refractivity contribution in [3.63, 3.8) is 0 Å². The molecule has 3 heteroatoms. The molecule has 1 saturated heterocycles. The first-order valence-corrected chi connectivity index (χ1v) is 7.69. The van der Waals surface area contributed by atoms with Gasteiger partial charge in [-0.2, -0.15) is 0 Å². The molecule has 116 valence electrons. The number of hydrogen-bond donors (Lipinski definition) is 2. The largest absolute Gasteiger partial charge is 0.385 e. The third-order valence-corrected chi connectivity index (χ3v) is 4.90. The summed E-state index contributed by atoms with van der Waals surface area (Å²) < 4.78 is 0. The van der Waals surface area contributed by atoms with Gasteiger partial charge in [0.1, 0.15) is 11.2 Å². The Hall–Kier alpha value is -1.68. The van der Waals surface area contributed by atoms with Crippen molar-refractivity contribution in [1.82, 2.24) is 4.90 Å². The molecule has 0 radical (unpaired) electrons. The molecule has 1 aliphatic rings. The van der Waals surface area contributed by atoms with Gasteiger partial charge in [-0.15, -0.1) is 0 Å². The molecule has 3 unspecified atom stereocenters. The zero-order valence-electron chi connectivity index (χ0n) is 13.1. The predicted molar refractivity (Wildman–Crippen MR) is 87.4 cm³/mol. The molecule has 2 aromatic rings. The maximum atomic E-state index is 11.3. The Kier molecular flexibility index (Phi) is 3.81. The van der Waals surface area contributed by atoms with Crippen LogP contribution in [0.4, 0.5) is 0 Å². The third-order valence-electron chi connectivity index (χ3n) is 4.90. The van der Waals surface area contributed by atoms with Crippen LogP contribution < -0.4 is 0 Å². The first-order chi connectivity index (χ1) is 10.4. The topological polar surface area (TPSA) is 43.7 Å². The summed E-state index contributed by atoms with van der Waals surface area (Å²) in [6.45, 7) is 2.13. The van der Waals surface area contributed by atoms with Gasteiger partial charge in [0.25, 0.3) is 0 Å². The molecule has 2 aromatic carbocycles. The smallest absolute Gasteiger partial charge is 0.121 e. The number of nitrogens with zero attached hydrogens (tertiary/aromatic N) is 1. The summed E-state index contributed by atoms with van der Waals surface area (Å²) >= 11 is 0. The summed E-state index contributed by atoms with van der Waals surface area (Å²) in [7, 11) is 2.00. The Balaban J connectivity index is 2.02. The lowest BCUT2D eigenvalue weighted by Crippen LogP contribution is -2.61. The van der Waals surface area contributed by atoms with Crippen LogP contribution in [0.25, 0.3) is 0 Å². The Morgan fingerprint density at radius 1 is 0.955 bits per heavy atom. The van der Waals surface area contributed by atoms with Crippen LogP contribution in [0.1, 0.15) is 30.5 Å². The van der Waals surface area contributed by atoms with E-state index in [-0.39, 0.29) is 6.04 Å². The standard InChI is InChI=1S/C19H23NO2/c1-18(21)14-20(2)17(15-9-5-3-6-10-15)13-19(18,22)16-11-7-4-8-12-16/h3-12,17,21-22H,13-14H2,1-2H3. The van der Waals surface area contributed by atoms with Crippen LogP contribution in [0.15, 0.2) is 60.7 Å². The summed E-state index contributed by atoms with van der Waals surface area (Å²) in [5, 5.41) is 22.2. The summed E-state index contributed by atoms with van der Waals surface area (Å²) in [6.07, 6.45) is 0.463. The van der Waals surface area contributed by atoms with Crippen LogP contribution in [-0.2, 0) is 5.60 Å². The fraction of sp³-hybridized carbons (Fsp3) is 0.368. The molecule has 0 aliphatic carbocycles. The molecule has 0 aromatic heterocycles. The lowest BCUT2D eigenvalue weighted by molar-refractivity contribution is -0.197. The van der Waals surface area contributed by atoms with Crippen LogP contribution in [-0.4, -0.2) is 34.3 Å². The molecular weight excluding hydrogens is 274 g/mol. The molecule has 1 aliphatic heterocycles. The van der Waals surface area contributed by atoms with E-state index in [1.807, 2.05) is 55.6 Å². The number of likely N-dealkylation sites (N-methyl/N-ethyl adjacent to an activating group) is 1. The van der Waals surface area contributed by atoms with E-state index in [0.717, 1.165) is 11.1 Å². The first-order valence-electron chi connectivity index (χ1n) is 7.69. The third kappa shape index (κ3) is 2.45. The zero-order chi connectivity index (χ0) is 15.8.